The van der Waals surface area contributed by atoms with Crippen molar-refractivity contribution in [3.05, 3.63) is 53.3 Å². The molecule has 0 aliphatic rings. The van der Waals surface area contributed by atoms with Crippen molar-refractivity contribution in [2.45, 2.75) is 26.6 Å². The van der Waals surface area contributed by atoms with Crippen LogP contribution in [0, 0.1) is 6.92 Å². The number of rotatable bonds is 5. The summed E-state index contributed by atoms with van der Waals surface area (Å²) in [5.41, 5.74) is 2.58. The minimum atomic E-state index is -4.93. The number of aromatic nitrogens is 3. The fraction of sp³-hybridized carbons (Fsp3) is 0.300. The summed E-state index contributed by atoms with van der Waals surface area (Å²) in [6.07, 6.45) is -3.50. The molecular formula is C20H20F3N5O2. The first-order chi connectivity index (χ1) is 14.1. The molecule has 7 nitrogen and oxygen atoms in total. The van der Waals surface area contributed by atoms with Crippen LogP contribution in [0.3, 0.4) is 0 Å². The summed E-state index contributed by atoms with van der Waals surface area (Å²) in [5.74, 6) is -2.31. The lowest BCUT2D eigenvalue weighted by Crippen LogP contribution is -2.40. The molecule has 0 saturated heterocycles. The highest BCUT2D eigenvalue weighted by Gasteiger charge is 2.41. The number of nitrogens with one attached hydrogen (secondary N) is 1. The summed E-state index contributed by atoms with van der Waals surface area (Å²) in [5, 5.41) is 7.72. The molecule has 158 valence electrons. The number of hydrogen-bond acceptors (Lipinski definition) is 4. The number of amides is 2. The second-order valence-corrected chi connectivity index (χ2v) is 6.78. The predicted octanol–water partition coefficient (Wildman–Crippen LogP) is 3.44. The summed E-state index contributed by atoms with van der Waals surface area (Å²) < 4.78 is 39.7. The van der Waals surface area contributed by atoms with Crippen molar-refractivity contribution >= 4 is 28.5 Å². The van der Waals surface area contributed by atoms with Crippen LogP contribution in [0.2, 0.25) is 0 Å². The molecular weight excluding hydrogens is 399 g/mol. The van der Waals surface area contributed by atoms with Crippen LogP contribution in [0.5, 0.6) is 0 Å². The van der Waals surface area contributed by atoms with Crippen LogP contribution in [0.4, 0.5) is 18.9 Å². The first-order valence-corrected chi connectivity index (χ1v) is 9.16. The number of anilines is 1. The van der Waals surface area contributed by atoms with Gasteiger partial charge in [-0.3, -0.25) is 14.3 Å². The van der Waals surface area contributed by atoms with E-state index in [0.29, 0.717) is 27.4 Å². The third-order valence-corrected chi connectivity index (χ3v) is 4.59. The van der Waals surface area contributed by atoms with E-state index in [1.165, 1.54) is 19.2 Å². The average Bonchev–Trinajstić information content (AvgIpc) is 2.98. The van der Waals surface area contributed by atoms with E-state index in [9.17, 15) is 22.8 Å². The normalized spacial score (nSPS) is 11.5. The van der Waals surface area contributed by atoms with E-state index in [1.807, 2.05) is 6.92 Å². The summed E-state index contributed by atoms with van der Waals surface area (Å²) >= 11 is 0. The number of carbonyl (C=O) groups is 2. The highest BCUT2D eigenvalue weighted by atomic mass is 19.4. The first kappa shape index (κ1) is 21.3. The molecule has 1 aromatic carbocycles. The first-order valence-electron chi connectivity index (χ1n) is 9.16. The SMILES string of the molecule is CCN(Cc1cccc(NC(=O)c2cnc3c(c2)c(C)nn3C)c1)C(=O)C(F)(F)F. The average molecular weight is 419 g/mol. The van der Waals surface area contributed by atoms with Crippen molar-refractivity contribution in [2.75, 3.05) is 11.9 Å². The Labute approximate surface area is 170 Å². The van der Waals surface area contributed by atoms with Gasteiger partial charge in [-0.15, -0.1) is 0 Å². The fourth-order valence-electron chi connectivity index (χ4n) is 3.11. The Morgan fingerprint density at radius 3 is 2.63 bits per heavy atom. The van der Waals surface area contributed by atoms with Gasteiger partial charge in [0, 0.05) is 37.4 Å². The van der Waals surface area contributed by atoms with E-state index >= 15 is 0 Å². The van der Waals surface area contributed by atoms with Gasteiger partial charge in [0.15, 0.2) is 5.65 Å². The third kappa shape index (κ3) is 4.42. The molecule has 1 N–H and O–H groups in total. The molecule has 2 aromatic heterocycles. The van der Waals surface area contributed by atoms with Gasteiger partial charge < -0.3 is 10.2 Å². The Morgan fingerprint density at radius 2 is 1.97 bits per heavy atom. The van der Waals surface area contributed by atoms with Crippen molar-refractivity contribution in [1.29, 1.82) is 0 Å². The lowest BCUT2D eigenvalue weighted by molar-refractivity contribution is -0.185. The third-order valence-electron chi connectivity index (χ3n) is 4.59. The minimum absolute atomic E-state index is 0.0922. The van der Waals surface area contributed by atoms with Gasteiger partial charge in [0.2, 0.25) is 0 Å². The minimum Gasteiger partial charge on any atom is -0.331 e. The maximum Gasteiger partial charge on any atom is 0.471 e. The van der Waals surface area contributed by atoms with Crippen molar-refractivity contribution in [3.8, 4) is 0 Å². The maximum atomic E-state index is 12.7. The zero-order chi connectivity index (χ0) is 22.1. The molecule has 0 saturated carbocycles. The number of nitrogens with zero attached hydrogens (tertiary/aromatic N) is 4. The van der Waals surface area contributed by atoms with Crippen molar-refractivity contribution in [3.63, 3.8) is 0 Å². The van der Waals surface area contributed by atoms with Gasteiger partial charge in [-0.25, -0.2) is 4.98 Å². The standard InChI is InChI=1S/C20H20F3N5O2/c1-4-28(19(30)20(21,22)23)11-13-6-5-7-15(8-13)25-18(29)14-9-16-12(2)26-27(3)17(16)24-10-14/h5-10H,4,11H2,1-3H3,(H,25,29). The number of aryl methyl sites for hydroxylation is 2. The molecule has 0 aliphatic heterocycles. The predicted molar refractivity (Wildman–Crippen MR) is 105 cm³/mol. The van der Waals surface area contributed by atoms with Gasteiger partial charge in [-0.05, 0) is 37.6 Å². The van der Waals surface area contributed by atoms with Crippen LogP contribution < -0.4 is 5.32 Å². The molecule has 0 spiro atoms. The van der Waals surface area contributed by atoms with Gasteiger partial charge in [-0.1, -0.05) is 12.1 Å². The Balaban J connectivity index is 1.77. The molecule has 3 aromatic rings. The van der Waals surface area contributed by atoms with E-state index in [1.54, 1.807) is 36.0 Å². The van der Waals surface area contributed by atoms with Crippen LogP contribution >= 0.6 is 0 Å². The number of carbonyl (C=O) groups excluding carboxylic acids is 2. The van der Waals surface area contributed by atoms with E-state index in [4.69, 9.17) is 0 Å². The smallest absolute Gasteiger partial charge is 0.331 e. The molecule has 0 unspecified atom stereocenters. The number of fused-ring (bicyclic) bond motifs is 1. The van der Waals surface area contributed by atoms with Gasteiger partial charge >= 0.3 is 12.1 Å². The van der Waals surface area contributed by atoms with Crippen LogP contribution in [-0.4, -0.2) is 44.2 Å². The Bertz CT molecular complexity index is 1110. The molecule has 30 heavy (non-hydrogen) atoms. The lowest BCUT2D eigenvalue weighted by Gasteiger charge is -2.22. The number of halogens is 3. The largest absolute Gasteiger partial charge is 0.471 e. The van der Waals surface area contributed by atoms with Crippen molar-refractivity contribution in [2.24, 2.45) is 7.05 Å². The molecule has 2 heterocycles. The van der Waals surface area contributed by atoms with Crippen molar-refractivity contribution < 1.29 is 22.8 Å². The van der Waals surface area contributed by atoms with Gasteiger partial charge in [0.05, 0.1) is 11.3 Å². The van der Waals surface area contributed by atoms with Crippen LogP contribution in [0.25, 0.3) is 11.0 Å². The molecule has 0 fully saturated rings. The summed E-state index contributed by atoms with van der Waals surface area (Å²) in [4.78, 5) is 29.1. The lowest BCUT2D eigenvalue weighted by atomic mass is 10.1. The molecule has 0 bridgehead atoms. The summed E-state index contributed by atoms with van der Waals surface area (Å²) in [6, 6.07) is 8.03. The second kappa shape index (κ2) is 8.13. The van der Waals surface area contributed by atoms with E-state index in [0.717, 1.165) is 11.1 Å². The number of alkyl halides is 3. The van der Waals surface area contributed by atoms with Crippen molar-refractivity contribution in [1.82, 2.24) is 19.7 Å². The molecule has 2 amide bonds. The number of hydrogen-bond donors (Lipinski definition) is 1. The summed E-state index contributed by atoms with van der Waals surface area (Å²) in [6.45, 7) is 2.97. The Morgan fingerprint density at radius 1 is 1.23 bits per heavy atom. The highest BCUT2D eigenvalue weighted by molar-refractivity contribution is 6.05. The zero-order valence-corrected chi connectivity index (χ0v) is 16.6. The second-order valence-electron chi connectivity index (χ2n) is 6.78. The molecule has 3 rings (SSSR count). The van der Waals surface area contributed by atoms with Crippen LogP contribution in [0.15, 0.2) is 36.5 Å². The van der Waals surface area contributed by atoms with Gasteiger partial charge in [-0.2, -0.15) is 18.3 Å². The molecule has 0 atom stereocenters. The maximum absolute atomic E-state index is 12.7. The van der Waals surface area contributed by atoms with Gasteiger partial charge in [0.1, 0.15) is 0 Å². The highest BCUT2D eigenvalue weighted by Crippen LogP contribution is 2.21. The molecule has 0 aliphatic carbocycles. The van der Waals surface area contributed by atoms with Crippen LogP contribution in [0.1, 0.15) is 28.5 Å². The van der Waals surface area contributed by atoms with Gasteiger partial charge in [0.25, 0.3) is 5.91 Å². The fourth-order valence-corrected chi connectivity index (χ4v) is 3.11. The van der Waals surface area contributed by atoms with E-state index < -0.39 is 18.0 Å². The Hall–Kier alpha value is -3.43. The number of pyridine rings is 1. The van der Waals surface area contributed by atoms with E-state index in [2.05, 4.69) is 15.4 Å². The van der Waals surface area contributed by atoms with Crippen LogP contribution in [-0.2, 0) is 18.4 Å². The van der Waals surface area contributed by atoms with E-state index in [-0.39, 0.29) is 13.1 Å². The summed E-state index contributed by atoms with van der Waals surface area (Å²) in [7, 11) is 1.76. The molecule has 10 heteroatoms. The quantitative estimate of drug-likeness (QED) is 0.687. The zero-order valence-electron chi connectivity index (χ0n) is 16.6. The Kier molecular flexibility index (Phi) is 5.77. The topological polar surface area (TPSA) is 80.1 Å². The molecule has 0 radical (unpaired) electrons. The monoisotopic (exact) mass is 419 g/mol. The number of benzene rings is 1.